The fraction of sp³-hybridized carbons (Fsp3) is 0.500. The van der Waals surface area contributed by atoms with Crippen LogP contribution in [-0.2, 0) is 21.2 Å². The second kappa shape index (κ2) is 8.71. The van der Waals surface area contributed by atoms with Crippen molar-refractivity contribution in [2.75, 3.05) is 41.7 Å². The standard InChI is InChI=1S/C24H33N3O3S/c1-4-17-5-7-18(8-6-17)27(13-16(2)3)31(28,29)19-9-10-24(23(25)11-19)26-12-20-21-14-30-15-22(20)21/h5-11,16,20-22,26H,4,12-15,25H2,1-3H3. The summed E-state index contributed by atoms with van der Waals surface area (Å²) in [6.45, 7) is 9.08. The Morgan fingerprint density at radius 2 is 1.81 bits per heavy atom. The molecular weight excluding hydrogens is 410 g/mol. The maximum Gasteiger partial charge on any atom is 0.264 e. The van der Waals surface area contributed by atoms with Crippen LogP contribution in [0, 0.1) is 23.7 Å². The third-order valence-corrected chi connectivity index (χ3v) is 8.22. The van der Waals surface area contributed by atoms with Crippen molar-refractivity contribution < 1.29 is 13.2 Å². The predicted octanol–water partition coefficient (Wildman–Crippen LogP) is 3.99. The molecule has 2 aliphatic rings. The average molecular weight is 444 g/mol. The van der Waals surface area contributed by atoms with Crippen molar-refractivity contribution in [2.24, 2.45) is 23.7 Å². The van der Waals surface area contributed by atoms with Crippen LogP contribution < -0.4 is 15.4 Å². The molecule has 31 heavy (non-hydrogen) atoms. The van der Waals surface area contributed by atoms with E-state index in [1.807, 2.05) is 38.1 Å². The quantitative estimate of drug-likeness (QED) is 0.573. The molecule has 1 saturated carbocycles. The van der Waals surface area contributed by atoms with E-state index in [4.69, 9.17) is 10.5 Å². The van der Waals surface area contributed by atoms with E-state index in [9.17, 15) is 8.42 Å². The van der Waals surface area contributed by atoms with E-state index in [0.717, 1.165) is 31.9 Å². The monoisotopic (exact) mass is 443 g/mol. The number of rotatable bonds is 9. The SMILES string of the molecule is CCc1ccc(N(CC(C)C)S(=O)(=O)c2ccc(NCC3C4COCC34)c(N)c2)cc1. The summed E-state index contributed by atoms with van der Waals surface area (Å²) in [5.74, 6) is 2.14. The molecule has 0 aromatic heterocycles. The number of sulfonamides is 1. The number of aryl methyl sites for hydroxylation is 1. The van der Waals surface area contributed by atoms with Gasteiger partial charge < -0.3 is 15.8 Å². The van der Waals surface area contributed by atoms with Gasteiger partial charge in [0.15, 0.2) is 0 Å². The fourth-order valence-corrected chi connectivity index (χ4v) is 6.11. The van der Waals surface area contributed by atoms with Crippen molar-refractivity contribution >= 4 is 27.1 Å². The van der Waals surface area contributed by atoms with Crippen molar-refractivity contribution in [3.63, 3.8) is 0 Å². The van der Waals surface area contributed by atoms with E-state index in [1.54, 1.807) is 18.2 Å². The summed E-state index contributed by atoms with van der Waals surface area (Å²) in [6.07, 6.45) is 0.914. The molecule has 1 saturated heterocycles. The van der Waals surface area contributed by atoms with Crippen LogP contribution in [0.2, 0.25) is 0 Å². The zero-order valence-corrected chi connectivity index (χ0v) is 19.4. The van der Waals surface area contributed by atoms with Crippen molar-refractivity contribution in [3.8, 4) is 0 Å². The number of nitrogens with two attached hydrogens (primary N) is 1. The Labute approximate surface area is 185 Å². The number of hydrogen-bond acceptors (Lipinski definition) is 5. The lowest BCUT2D eigenvalue weighted by molar-refractivity contribution is 0.153. The Hall–Kier alpha value is -2.25. The first kappa shape index (κ1) is 22.0. The van der Waals surface area contributed by atoms with Crippen LogP contribution in [-0.4, -0.2) is 34.7 Å². The summed E-state index contributed by atoms with van der Waals surface area (Å²) in [5, 5.41) is 3.40. The summed E-state index contributed by atoms with van der Waals surface area (Å²) in [7, 11) is -3.73. The zero-order chi connectivity index (χ0) is 22.2. The van der Waals surface area contributed by atoms with Crippen molar-refractivity contribution in [3.05, 3.63) is 48.0 Å². The van der Waals surface area contributed by atoms with E-state index in [1.165, 1.54) is 9.87 Å². The van der Waals surface area contributed by atoms with Crippen LogP contribution >= 0.6 is 0 Å². The number of fused-ring (bicyclic) bond motifs is 1. The molecule has 1 heterocycles. The minimum Gasteiger partial charge on any atom is -0.397 e. The van der Waals surface area contributed by atoms with E-state index in [-0.39, 0.29) is 10.8 Å². The van der Waals surface area contributed by atoms with E-state index < -0.39 is 10.0 Å². The third-order valence-electron chi connectivity index (χ3n) is 6.43. The molecule has 1 aliphatic heterocycles. The van der Waals surface area contributed by atoms with E-state index in [2.05, 4.69) is 12.2 Å². The van der Waals surface area contributed by atoms with Crippen LogP contribution in [0.3, 0.4) is 0 Å². The molecule has 3 N–H and O–H groups in total. The van der Waals surface area contributed by atoms with Gasteiger partial charge in [0.2, 0.25) is 0 Å². The number of nitrogens with one attached hydrogen (secondary N) is 1. The molecule has 7 heteroatoms. The first-order valence-corrected chi connectivity index (χ1v) is 12.6. The van der Waals surface area contributed by atoms with Crippen molar-refractivity contribution in [1.29, 1.82) is 0 Å². The van der Waals surface area contributed by atoms with Gasteiger partial charge in [0.05, 0.1) is 35.2 Å². The minimum absolute atomic E-state index is 0.181. The molecule has 4 rings (SSSR count). The first-order chi connectivity index (χ1) is 14.8. The van der Waals surface area contributed by atoms with Gasteiger partial charge in [-0.2, -0.15) is 0 Å². The van der Waals surface area contributed by atoms with Crippen LogP contribution in [0.4, 0.5) is 17.1 Å². The topological polar surface area (TPSA) is 84.7 Å². The Kier molecular flexibility index (Phi) is 6.17. The third kappa shape index (κ3) is 4.53. The Bertz CT molecular complexity index is 1010. The normalized spacial score (nSPS) is 22.4. The number of ether oxygens (including phenoxy) is 1. The molecule has 0 spiro atoms. The van der Waals surface area contributed by atoms with Gasteiger partial charge in [-0.3, -0.25) is 4.31 Å². The minimum atomic E-state index is -3.73. The van der Waals surface area contributed by atoms with Gasteiger partial charge in [-0.05, 0) is 66.0 Å². The fourth-order valence-electron chi connectivity index (χ4n) is 4.45. The number of nitrogen functional groups attached to an aromatic ring is 1. The Balaban J connectivity index is 1.53. The van der Waals surface area contributed by atoms with Crippen molar-refractivity contribution in [2.45, 2.75) is 32.1 Å². The first-order valence-electron chi connectivity index (χ1n) is 11.1. The van der Waals surface area contributed by atoms with Crippen LogP contribution in [0.25, 0.3) is 0 Å². The molecule has 2 aromatic carbocycles. The molecular formula is C24H33N3O3S. The van der Waals surface area contributed by atoms with Crippen LogP contribution in [0.1, 0.15) is 26.3 Å². The van der Waals surface area contributed by atoms with Gasteiger partial charge in [-0.1, -0.05) is 32.9 Å². The maximum absolute atomic E-state index is 13.5. The summed E-state index contributed by atoms with van der Waals surface area (Å²) in [4.78, 5) is 0.215. The molecule has 0 amide bonds. The highest BCUT2D eigenvalue weighted by atomic mass is 32.2. The zero-order valence-electron chi connectivity index (χ0n) is 18.5. The molecule has 168 valence electrons. The molecule has 6 nitrogen and oxygen atoms in total. The molecule has 0 bridgehead atoms. The number of benzene rings is 2. The number of hydrogen-bond donors (Lipinski definition) is 2. The number of anilines is 3. The van der Waals surface area contributed by atoms with Gasteiger partial charge in [-0.25, -0.2) is 8.42 Å². The molecule has 1 aliphatic carbocycles. The average Bonchev–Trinajstić information content (AvgIpc) is 3.17. The van der Waals surface area contributed by atoms with E-state index >= 15 is 0 Å². The summed E-state index contributed by atoms with van der Waals surface area (Å²) < 4.78 is 34.0. The molecule has 2 atom stereocenters. The molecule has 0 radical (unpaired) electrons. The van der Waals surface area contributed by atoms with E-state index in [0.29, 0.717) is 35.7 Å². The smallest absolute Gasteiger partial charge is 0.264 e. The predicted molar refractivity (Wildman–Crippen MR) is 126 cm³/mol. The summed E-state index contributed by atoms with van der Waals surface area (Å²) in [5.41, 5.74) is 9.34. The Morgan fingerprint density at radius 1 is 1.13 bits per heavy atom. The maximum atomic E-state index is 13.5. The largest absolute Gasteiger partial charge is 0.397 e. The second-order valence-corrected chi connectivity index (χ2v) is 11.0. The highest BCUT2D eigenvalue weighted by molar-refractivity contribution is 7.92. The lowest BCUT2D eigenvalue weighted by Gasteiger charge is -2.27. The molecule has 2 aromatic rings. The lowest BCUT2D eigenvalue weighted by Crippen LogP contribution is -2.34. The Morgan fingerprint density at radius 3 is 2.39 bits per heavy atom. The number of nitrogens with zero attached hydrogens (tertiary/aromatic N) is 1. The van der Waals surface area contributed by atoms with Crippen molar-refractivity contribution in [1.82, 2.24) is 0 Å². The van der Waals surface area contributed by atoms with Gasteiger partial charge in [0, 0.05) is 13.1 Å². The lowest BCUT2D eigenvalue weighted by atomic mass is 10.1. The second-order valence-electron chi connectivity index (χ2n) is 9.11. The highest BCUT2D eigenvalue weighted by Crippen LogP contribution is 2.50. The highest BCUT2D eigenvalue weighted by Gasteiger charge is 2.53. The summed E-state index contributed by atoms with van der Waals surface area (Å²) in [6, 6.07) is 12.7. The van der Waals surface area contributed by atoms with Gasteiger partial charge >= 0.3 is 0 Å². The van der Waals surface area contributed by atoms with Gasteiger partial charge in [0.1, 0.15) is 0 Å². The summed E-state index contributed by atoms with van der Waals surface area (Å²) >= 11 is 0. The van der Waals surface area contributed by atoms with Crippen LogP contribution in [0.5, 0.6) is 0 Å². The molecule has 2 fully saturated rings. The van der Waals surface area contributed by atoms with Crippen LogP contribution in [0.15, 0.2) is 47.4 Å². The molecule has 2 unspecified atom stereocenters. The van der Waals surface area contributed by atoms with Gasteiger partial charge in [0.25, 0.3) is 10.0 Å². The van der Waals surface area contributed by atoms with Gasteiger partial charge in [-0.15, -0.1) is 0 Å².